The highest BCUT2D eigenvalue weighted by atomic mass is 32.1. The number of nitrogens with zero attached hydrogens (tertiary/aromatic N) is 4. The predicted octanol–water partition coefficient (Wildman–Crippen LogP) is 13.2. The van der Waals surface area contributed by atoms with Gasteiger partial charge in [0.2, 0.25) is 5.78 Å². The van der Waals surface area contributed by atoms with Crippen molar-refractivity contribution in [3.63, 3.8) is 0 Å². The summed E-state index contributed by atoms with van der Waals surface area (Å²) in [4.78, 5) is 5.24. The lowest BCUT2D eigenvalue weighted by molar-refractivity contribution is 1.11. The molecule has 0 spiro atoms. The summed E-state index contributed by atoms with van der Waals surface area (Å²) in [6.45, 7) is 0. The molecule has 12 aromatic rings. The van der Waals surface area contributed by atoms with Crippen molar-refractivity contribution in [2.75, 3.05) is 0 Å². The van der Waals surface area contributed by atoms with Gasteiger partial charge in [0, 0.05) is 42.1 Å². The number of benzene rings is 8. The molecule has 4 heterocycles. The van der Waals surface area contributed by atoms with Crippen LogP contribution in [0.3, 0.4) is 0 Å². The molecule has 54 heavy (non-hydrogen) atoms. The molecule has 0 fully saturated rings. The van der Waals surface area contributed by atoms with Crippen LogP contribution in [-0.2, 0) is 0 Å². The zero-order valence-electron chi connectivity index (χ0n) is 29.0. The second kappa shape index (κ2) is 11.3. The first-order chi connectivity index (χ1) is 26.8. The van der Waals surface area contributed by atoms with Crippen molar-refractivity contribution in [2.45, 2.75) is 0 Å². The van der Waals surface area contributed by atoms with Gasteiger partial charge in [0.05, 0.1) is 44.5 Å². The van der Waals surface area contributed by atoms with Crippen molar-refractivity contribution in [1.82, 2.24) is 18.5 Å². The molecule has 0 aliphatic heterocycles. The summed E-state index contributed by atoms with van der Waals surface area (Å²) in [6, 6.07) is 66.0. The van der Waals surface area contributed by atoms with Crippen molar-refractivity contribution < 1.29 is 0 Å². The lowest BCUT2D eigenvalue weighted by Gasteiger charge is -2.18. The van der Waals surface area contributed by atoms with Crippen molar-refractivity contribution in [3.05, 3.63) is 182 Å². The summed E-state index contributed by atoms with van der Waals surface area (Å²) in [6.07, 6.45) is 0. The average Bonchev–Trinajstić information content (AvgIpc) is 3.98. The van der Waals surface area contributed by atoms with Crippen LogP contribution in [0.1, 0.15) is 0 Å². The van der Waals surface area contributed by atoms with Crippen LogP contribution in [0.5, 0.6) is 0 Å². The van der Waals surface area contributed by atoms with E-state index in [1.165, 1.54) is 64.2 Å². The molecule has 0 aliphatic rings. The molecule has 0 unspecified atom stereocenters. The maximum atomic E-state index is 5.24. The monoisotopic (exact) mass is 706 g/mol. The smallest absolute Gasteiger partial charge is 0.220 e. The molecule has 0 aliphatic carbocycles. The van der Waals surface area contributed by atoms with Crippen LogP contribution in [-0.4, -0.2) is 18.5 Å². The quantitative estimate of drug-likeness (QED) is 0.179. The van der Waals surface area contributed by atoms with E-state index in [9.17, 15) is 0 Å². The lowest BCUT2D eigenvalue weighted by Crippen LogP contribution is -1.99. The minimum absolute atomic E-state index is 0.909. The summed E-state index contributed by atoms with van der Waals surface area (Å²) < 4.78 is 9.65. The van der Waals surface area contributed by atoms with Crippen molar-refractivity contribution in [2.24, 2.45) is 0 Å². The van der Waals surface area contributed by atoms with Crippen LogP contribution in [0.4, 0.5) is 0 Å². The number of para-hydroxylation sites is 7. The summed E-state index contributed by atoms with van der Waals surface area (Å²) >= 11 is 1.87. The molecule has 8 aromatic carbocycles. The molecule has 12 rings (SSSR count). The summed E-state index contributed by atoms with van der Waals surface area (Å²) in [5.41, 5.74) is 13.8. The van der Waals surface area contributed by atoms with Gasteiger partial charge in [-0.05, 0) is 71.8 Å². The Kier molecular flexibility index (Phi) is 6.18. The van der Waals surface area contributed by atoms with E-state index >= 15 is 0 Å². The Morgan fingerprint density at radius 2 is 0.944 bits per heavy atom. The van der Waals surface area contributed by atoms with Gasteiger partial charge in [-0.25, -0.2) is 4.98 Å². The third-order valence-electron chi connectivity index (χ3n) is 11.1. The largest absolute Gasteiger partial charge is 0.309 e. The minimum Gasteiger partial charge on any atom is -0.309 e. The third kappa shape index (κ3) is 4.10. The highest BCUT2D eigenvalue weighted by Crippen LogP contribution is 2.46. The molecular weight excluding hydrogens is 677 g/mol. The third-order valence-corrected chi connectivity index (χ3v) is 12.3. The van der Waals surface area contributed by atoms with Gasteiger partial charge in [0.25, 0.3) is 0 Å². The second-order valence-electron chi connectivity index (χ2n) is 14.0. The molecule has 0 saturated carbocycles. The molecule has 5 heteroatoms. The fourth-order valence-electron chi connectivity index (χ4n) is 8.78. The van der Waals surface area contributed by atoms with Crippen LogP contribution in [0.25, 0.3) is 103 Å². The zero-order valence-corrected chi connectivity index (χ0v) is 29.8. The van der Waals surface area contributed by atoms with Crippen LogP contribution in [0.15, 0.2) is 182 Å². The lowest BCUT2D eigenvalue weighted by atomic mass is 9.92. The molecule has 0 radical (unpaired) electrons. The van der Waals surface area contributed by atoms with Gasteiger partial charge in [-0.2, -0.15) is 0 Å². The van der Waals surface area contributed by atoms with Crippen LogP contribution in [0, 0.1) is 0 Å². The first kappa shape index (κ1) is 29.6. The highest BCUT2D eigenvalue weighted by Gasteiger charge is 2.22. The highest BCUT2D eigenvalue weighted by molar-refractivity contribution is 7.26. The van der Waals surface area contributed by atoms with E-state index in [0.717, 1.165) is 39.2 Å². The van der Waals surface area contributed by atoms with Gasteiger partial charge in [0.15, 0.2) is 0 Å². The van der Waals surface area contributed by atoms with Gasteiger partial charge >= 0.3 is 0 Å². The number of aromatic nitrogens is 4. The van der Waals surface area contributed by atoms with E-state index < -0.39 is 0 Å². The van der Waals surface area contributed by atoms with E-state index in [0.29, 0.717) is 0 Å². The van der Waals surface area contributed by atoms with Crippen LogP contribution in [0.2, 0.25) is 0 Å². The van der Waals surface area contributed by atoms with E-state index in [2.05, 4.69) is 196 Å². The predicted molar refractivity (Wildman–Crippen MR) is 228 cm³/mol. The van der Waals surface area contributed by atoms with E-state index in [4.69, 9.17) is 4.98 Å². The first-order valence-corrected chi connectivity index (χ1v) is 19.1. The number of hydrogen-bond donors (Lipinski definition) is 0. The molecule has 4 aromatic heterocycles. The van der Waals surface area contributed by atoms with Crippen molar-refractivity contribution in [3.8, 4) is 33.6 Å². The number of rotatable bonds is 4. The van der Waals surface area contributed by atoms with Gasteiger partial charge in [0.1, 0.15) is 0 Å². The Morgan fingerprint density at radius 1 is 0.389 bits per heavy atom. The summed E-state index contributed by atoms with van der Waals surface area (Å²) in [5.74, 6) is 0.909. The molecular formula is C49H30N4S. The fourth-order valence-corrected chi connectivity index (χ4v) is 9.99. The van der Waals surface area contributed by atoms with E-state index in [1.807, 2.05) is 11.3 Å². The van der Waals surface area contributed by atoms with Gasteiger partial charge in [-0.15, -0.1) is 11.3 Å². The Hall–Kier alpha value is -6.95. The van der Waals surface area contributed by atoms with E-state index in [-0.39, 0.29) is 0 Å². The Bertz CT molecular complexity index is 3410. The summed E-state index contributed by atoms with van der Waals surface area (Å²) in [5, 5.41) is 5.03. The first-order valence-electron chi connectivity index (χ1n) is 18.3. The van der Waals surface area contributed by atoms with E-state index in [1.54, 1.807) is 0 Å². The SMILES string of the molecule is c1ccc(-c2cc(-n3c4ccccc4n4c5ccccc5nc34)cc3c2sc2ccccc23)c(-c2ccccc2-n2c3ccccc3c3ccccc32)c1. The zero-order chi connectivity index (χ0) is 35.3. The number of thiophene rings is 1. The Morgan fingerprint density at radius 3 is 1.70 bits per heavy atom. The maximum absolute atomic E-state index is 5.24. The van der Waals surface area contributed by atoms with Gasteiger partial charge < -0.3 is 4.57 Å². The fraction of sp³-hybridized carbons (Fsp3) is 0. The van der Waals surface area contributed by atoms with Crippen molar-refractivity contribution >= 4 is 81.2 Å². The van der Waals surface area contributed by atoms with Crippen LogP contribution < -0.4 is 0 Å². The standard InChI is InChI=1S/C49H30N4S/c1-2-16-33(32(15-1)34-17-3-8-22-41(34)52-42-23-9-4-18-35(42)36-19-5-10-24-43(36)52)38-29-31(30-39-37-20-6-14-28-47(37)54-48(38)39)51-45-26-12-13-27-46(45)53-44-25-11-7-21-40(44)50-49(51)53/h1-30H. The van der Waals surface area contributed by atoms with Crippen LogP contribution >= 0.6 is 11.3 Å². The molecule has 0 N–H and O–H groups in total. The maximum Gasteiger partial charge on any atom is 0.220 e. The molecule has 0 bridgehead atoms. The Balaban J connectivity index is 1.17. The number of imidazole rings is 2. The average molecular weight is 707 g/mol. The topological polar surface area (TPSA) is 27.2 Å². The van der Waals surface area contributed by atoms with Gasteiger partial charge in [-0.1, -0.05) is 121 Å². The summed E-state index contributed by atoms with van der Waals surface area (Å²) in [7, 11) is 0. The molecule has 252 valence electrons. The second-order valence-corrected chi connectivity index (χ2v) is 15.0. The molecule has 0 atom stereocenters. The molecule has 0 amide bonds. The normalized spacial score (nSPS) is 12.1. The number of hydrogen-bond acceptors (Lipinski definition) is 2. The number of fused-ring (bicyclic) bond motifs is 11. The molecule has 0 saturated heterocycles. The molecule has 4 nitrogen and oxygen atoms in total. The minimum atomic E-state index is 0.909. The Labute approximate surface area is 314 Å². The van der Waals surface area contributed by atoms with Gasteiger partial charge in [-0.3, -0.25) is 8.97 Å². The van der Waals surface area contributed by atoms with Crippen molar-refractivity contribution in [1.29, 1.82) is 0 Å².